The lowest BCUT2D eigenvalue weighted by molar-refractivity contribution is 0.111. The van der Waals surface area contributed by atoms with Crippen molar-refractivity contribution < 1.29 is 9.90 Å². The van der Waals surface area contributed by atoms with Gasteiger partial charge in [-0.1, -0.05) is 20.3 Å². The van der Waals surface area contributed by atoms with Gasteiger partial charge in [-0.05, 0) is 38.0 Å². The molecule has 2 amide bonds. The average molecular weight is 242 g/mol. The summed E-state index contributed by atoms with van der Waals surface area (Å²) >= 11 is 0. The first-order chi connectivity index (χ1) is 8.12. The van der Waals surface area contributed by atoms with Crippen LogP contribution in [0.25, 0.3) is 0 Å². The van der Waals surface area contributed by atoms with Crippen molar-refractivity contribution in [2.24, 2.45) is 5.92 Å². The molecule has 1 fully saturated rings. The normalized spacial score (nSPS) is 28.8. The Bertz CT molecular complexity index is 236. The van der Waals surface area contributed by atoms with Crippen LogP contribution in [-0.2, 0) is 0 Å². The molecule has 3 N–H and O–H groups in total. The lowest BCUT2D eigenvalue weighted by Crippen LogP contribution is -2.56. The zero-order valence-corrected chi connectivity index (χ0v) is 11.1. The monoisotopic (exact) mass is 242 g/mol. The average Bonchev–Trinajstić information content (AvgIpc) is 2.33. The maximum atomic E-state index is 11.7. The Kier molecular flexibility index (Phi) is 5.75. The molecule has 17 heavy (non-hydrogen) atoms. The fraction of sp³-hybridized carbons (Fsp3) is 0.923. The fourth-order valence-corrected chi connectivity index (χ4v) is 2.30. The van der Waals surface area contributed by atoms with Gasteiger partial charge >= 0.3 is 6.03 Å². The fourth-order valence-electron chi connectivity index (χ4n) is 2.30. The summed E-state index contributed by atoms with van der Waals surface area (Å²) in [6.45, 7) is 5.07. The van der Waals surface area contributed by atoms with E-state index in [9.17, 15) is 9.90 Å². The molecule has 0 aromatic carbocycles. The van der Waals surface area contributed by atoms with Crippen LogP contribution < -0.4 is 10.6 Å². The van der Waals surface area contributed by atoms with E-state index in [0.29, 0.717) is 12.5 Å². The van der Waals surface area contributed by atoms with Crippen molar-refractivity contribution in [3.63, 3.8) is 0 Å². The summed E-state index contributed by atoms with van der Waals surface area (Å²) < 4.78 is 0. The zero-order chi connectivity index (χ0) is 12.7. The predicted molar refractivity (Wildman–Crippen MR) is 68.9 cm³/mol. The third kappa shape index (κ3) is 4.54. The molecule has 0 spiro atoms. The van der Waals surface area contributed by atoms with E-state index >= 15 is 0 Å². The Balaban J connectivity index is 2.37. The Morgan fingerprint density at radius 3 is 2.59 bits per heavy atom. The number of urea groups is 1. The van der Waals surface area contributed by atoms with E-state index in [0.717, 1.165) is 38.5 Å². The standard InChI is InChI=1S/C13H26N2O2/c1-3-4-9-14-12(17)15-13(10-16)7-5-11(2)6-8-13/h11,16H,3-10H2,1-2H3,(H2,14,15,17). The molecule has 0 aliphatic heterocycles. The number of aliphatic hydroxyl groups is 1. The summed E-state index contributed by atoms with van der Waals surface area (Å²) in [6, 6.07) is -0.137. The number of amides is 2. The lowest BCUT2D eigenvalue weighted by atomic mass is 9.77. The van der Waals surface area contributed by atoms with Crippen molar-refractivity contribution in [1.82, 2.24) is 10.6 Å². The van der Waals surface area contributed by atoms with Crippen LogP contribution in [0.2, 0.25) is 0 Å². The largest absolute Gasteiger partial charge is 0.394 e. The molecule has 0 unspecified atom stereocenters. The van der Waals surface area contributed by atoms with Crippen LogP contribution in [0.5, 0.6) is 0 Å². The first-order valence-corrected chi connectivity index (χ1v) is 6.79. The van der Waals surface area contributed by atoms with E-state index in [1.165, 1.54) is 0 Å². The van der Waals surface area contributed by atoms with E-state index in [2.05, 4.69) is 24.5 Å². The van der Waals surface area contributed by atoms with Crippen LogP contribution in [-0.4, -0.2) is 29.8 Å². The smallest absolute Gasteiger partial charge is 0.315 e. The van der Waals surface area contributed by atoms with Crippen molar-refractivity contribution in [3.8, 4) is 0 Å². The van der Waals surface area contributed by atoms with Gasteiger partial charge in [0.25, 0.3) is 0 Å². The highest BCUT2D eigenvalue weighted by atomic mass is 16.3. The molecule has 4 nitrogen and oxygen atoms in total. The number of hydrogen-bond acceptors (Lipinski definition) is 2. The van der Waals surface area contributed by atoms with Crippen molar-refractivity contribution in [1.29, 1.82) is 0 Å². The topological polar surface area (TPSA) is 61.4 Å². The summed E-state index contributed by atoms with van der Waals surface area (Å²) in [5.74, 6) is 0.708. The summed E-state index contributed by atoms with van der Waals surface area (Å²) in [6.07, 6.45) is 5.99. The van der Waals surface area contributed by atoms with Crippen molar-refractivity contribution in [2.45, 2.75) is 57.9 Å². The summed E-state index contributed by atoms with van der Waals surface area (Å²) in [4.78, 5) is 11.7. The molecule has 0 bridgehead atoms. The highest BCUT2D eigenvalue weighted by Crippen LogP contribution is 2.31. The van der Waals surface area contributed by atoms with Gasteiger partial charge < -0.3 is 15.7 Å². The molecule has 100 valence electrons. The Morgan fingerprint density at radius 1 is 1.41 bits per heavy atom. The van der Waals surface area contributed by atoms with Crippen LogP contribution in [0.1, 0.15) is 52.4 Å². The first-order valence-electron chi connectivity index (χ1n) is 6.79. The third-order valence-corrected chi connectivity index (χ3v) is 3.73. The Morgan fingerprint density at radius 2 is 2.06 bits per heavy atom. The molecule has 0 aromatic rings. The molecule has 1 saturated carbocycles. The molecular weight excluding hydrogens is 216 g/mol. The molecule has 0 radical (unpaired) electrons. The second-order valence-electron chi connectivity index (χ2n) is 5.36. The van der Waals surface area contributed by atoms with Gasteiger partial charge in [-0.3, -0.25) is 0 Å². The lowest BCUT2D eigenvalue weighted by Gasteiger charge is -2.38. The van der Waals surface area contributed by atoms with Crippen molar-refractivity contribution >= 4 is 6.03 Å². The zero-order valence-electron chi connectivity index (χ0n) is 11.1. The summed E-state index contributed by atoms with van der Waals surface area (Å²) in [5, 5.41) is 15.3. The Hall–Kier alpha value is -0.770. The van der Waals surface area contributed by atoms with E-state index in [1.54, 1.807) is 0 Å². The number of unbranched alkanes of at least 4 members (excludes halogenated alkanes) is 1. The quantitative estimate of drug-likeness (QED) is 0.646. The number of hydrogen-bond donors (Lipinski definition) is 3. The SMILES string of the molecule is CCCCNC(=O)NC1(CO)CCC(C)CC1. The van der Waals surface area contributed by atoms with Crippen molar-refractivity contribution in [3.05, 3.63) is 0 Å². The maximum absolute atomic E-state index is 11.7. The number of nitrogens with one attached hydrogen (secondary N) is 2. The van der Waals surface area contributed by atoms with Crippen LogP contribution in [0.15, 0.2) is 0 Å². The minimum absolute atomic E-state index is 0.0426. The molecule has 4 heteroatoms. The molecule has 1 aliphatic carbocycles. The number of carbonyl (C=O) groups excluding carboxylic acids is 1. The van der Waals surface area contributed by atoms with E-state index in [1.807, 2.05) is 0 Å². The molecule has 0 atom stereocenters. The Labute approximate surface area is 104 Å². The van der Waals surface area contributed by atoms with Crippen LogP contribution in [0.4, 0.5) is 4.79 Å². The van der Waals surface area contributed by atoms with Gasteiger partial charge in [0.15, 0.2) is 0 Å². The van der Waals surface area contributed by atoms with Gasteiger partial charge in [0.2, 0.25) is 0 Å². The second-order valence-corrected chi connectivity index (χ2v) is 5.36. The number of aliphatic hydroxyl groups excluding tert-OH is 1. The minimum Gasteiger partial charge on any atom is -0.394 e. The molecule has 0 heterocycles. The van der Waals surface area contributed by atoms with Crippen molar-refractivity contribution in [2.75, 3.05) is 13.2 Å². The maximum Gasteiger partial charge on any atom is 0.315 e. The van der Waals surface area contributed by atoms with E-state index in [-0.39, 0.29) is 18.2 Å². The summed E-state index contributed by atoms with van der Waals surface area (Å²) in [7, 11) is 0. The van der Waals surface area contributed by atoms with Gasteiger partial charge in [-0.2, -0.15) is 0 Å². The van der Waals surface area contributed by atoms with Gasteiger partial charge in [-0.15, -0.1) is 0 Å². The molecule has 0 aromatic heterocycles. The second kappa shape index (κ2) is 6.84. The van der Waals surface area contributed by atoms with E-state index in [4.69, 9.17) is 0 Å². The highest BCUT2D eigenvalue weighted by Gasteiger charge is 2.34. The highest BCUT2D eigenvalue weighted by molar-refractivity contribution is 5.74. The van der Waals surface area contributed by atoms with Crippen LogP contribution in [0.3, 0.4) is 0 Å². The van der Waals surface area contributed by atoms with E-state index < -0.39 is 0 Å². The van der Waals surface area contributed by atoms with Crippen LogP contribution in [0, 0.1) is 5.92 Å². The van der Waals surface area contributed by atoms with Gasteiger partial charge in [-0.25, -0.2) is 4.79 Å². The first kappa shape index (κ1) is 14.3. The summed E-state index contributed by atoms with van der Waals surface area (Å²) in [5.41, 5.74) is -0.386. The van der Waals surface area contributed by atoms with Gasteiger partial charge in [0, 0.05) is 6.54 Å². The molecule has 1 aliphatic rings. The number of carbonyl (C=O) groups is 1. The minimum atomic E-state index is -0.386. The molecular formula is C13H26N2O2. The van der Waals surface area contributed by atoms with Gasteiger partial charge in [0.1, 0.15) is 0 Å². The predicted octanol–water partition coefficient (Wildman–Crippen LogP) is 2.03. The number of rotatable bonds is 5. The van der Waals surface area contributed by atoms with Crippen LogP contribution >= 0.6 is 0 Å². The third-order valence-electron chi connectivity index (χ3n) is 3.73. The molecule has 0 saturated heterocycles. The molecule has 1 rings (SSSR count). The van der Waals surface area contributed by atoms with Gasteiger partial charge in [0.05, 0.1) is 12.1 Å².